The van der Waals surface area contributed by atoms with Gasteiger partial charge in [-0.15, -0.1) is 11.3 Å². The molecule has 0 fully saturated rings. The van der Waals surface area contributed by atoms with Crippen LogP contribution in [-0.2, 0) is 6.54 Å². The minimum Gasteiger partial charge on any atom is -0.394 e. The molecule has 0 aliphatic heterocycles. The number of thiophene rings is 1. The lowest BCUT2D eigenvalue weighted by atomic mass is 10.0. The molecule has 0 saturated heterocycles. The largest absolute Gasteiger partial charge is 0.394 e. The number of hydrogen-bond acceptors (Lipinski definition) is 3. The minimum absolute atomic E-state index is 0.0515. The molecule has 0 aliphatic rings. The fourth-order valence-corrected chi connectivity index (χ4v) is 2.82. The fourth-order valence-electron chi connectivity index (χ4n) is 1.94. The number of aliphatic hydroxyl groups excluding tert-OH is 1. The molecule has 0 spiro atoms. The van der Waals surface area contributed by atoms with Crippen LogP contribution in [0.3, 0.4) is 0 Å². The molecule has 1 atom stereocenters. The van der Waals surface area contributed by atoms with Crippen LogP contribution < -0.4 is 5.32 Å². The summed E-state index contributed by atoms with van der Waals surface area (Å²) in [6, 6.07) is 9.82. The molecule has 1 aromatic carbocycles. The van der Waals surface area contributed by atoms with Gasteiger partial charge in [0.25, 0.3) is 0 Å². The van der Waals surface area contributed by atoms with Crippen molar-refractivity contribution < 1.29 is 5.11 Å². The molecule has 1 unspecified atom stereocenters. The smallest absolute Gasteiger partial charge is 0.0626 e. The quantitative estimate of drug-likeness (QED) is 0.879. The summed E-state index contributed by atoms with van der Waals surface area (Å²) in [6.07, 6.45) is 0. The maximum atomic E-state index is 9.51. The van der Waals surface area contributed by atoms with Crippen LogP contribution in [-0.4, -0.2) is 11.7 Å². The van der Waals surface area contributed by atoms with Crippen molar-refractivity contribution >= 4 is 22.9 Å². The molecule has 4 heteroatoms. The van der Waals surface area contributed by atoms with E-state index in [1.54, 1.807) is 11.3 Å². The standard InChI is InChI=1S/C14H16ClNOS/c1-10-7-11(15)4-5-13(10)14(9-17)16-8-12-3-2-6-18-12/h2-7,14,16-17H,8-9H2,1H3. The summed E-state index contributed by atoms with van der Waals surface area (Å²) in [7, 11) is 0. The third-order valence-electron chi connectivity index (χ3n) is 2.89. The zero-order chi connectivity index (χ0) is 13.0. The molecule has 0 aliphatic carbocycles. The third kappa shape index (κ3) is 3.33. The predicted octanol–water partition coefficient (Wildman–Crippen LogP) is 3.53. The number of aryl methyl sites for hydroxylation is 1. The Kier molecular flexibility index (Phi) is 4.78. The van der Waals surface area contributed by atoms with Gasteiger partial charge in [0.1, 0.15) is 0 Å². The first-order chi connectivity index (χ1) is 8.70. The second-order valence-electron chi connectivity index (χ2n) is 4.20. The van der Waals surface area contributed by atoms with Gasteiger partial charge in [0.2, 0.25) is 0 Å². The Balaban J connectivity index is 2.08. The van der Waals surface area contributed by atoms with Gasteiger partial charge >= 0.3 is 0 Å². The Hall–Kier alpha value is -0.870. The highest BCUT2D eigenvalue weighted by atomic mass is 35.5. The lowest BCUT2D eigenvalue weighted by molar-refractivity contribution is 0.243. The molecule has 2 N–H and O–H groups in total. The van der Waals surface area contributed by atoms with E-state index in [-0.39, 0.29) is 12.6 Å². The molecular weight excluding hydrogens is 266 g/mol. The number of benzene rings is 1. The summed E-state index contributed by atoms with van der Waals surface area (Å²) in [5.74, 6) is 0. The number of nitrogens with one attached hydrogen (secondary N) is 1. The number of hydrogen-bond donors (Lipinski definition) is 2. The van der Waals surface area contributed by atoms with Crippen LogP contribution >= 0.6 is 22.9 Å². The number of aliphatic hydroxyl groups is 1. The zero-order valence-corrected chi connectivity index (χ0v) is 11.8. The molecule has 1 aromatic heterocycles. The van der Waals surface area contributed by atoms with Crippen LogP contribution in [0, 0.1) is 6.92 Å². The van der Waals surface area contributed by atoms with E-state index in [1.807, 2.05) is 31.2 Å². The number of rotatable bonds is 5. The van der Waals surface area contributed by atoms with Crippen LogP contribution in [0.5, 0.6) is 0 Å². The lowest BCUT2D eigenvalue weighted by Crippen LogP contribution is -2.24. The lowest BCUT2D eigenvalue weighted by Gasteiger charge is -2.18. The Morgan fingerprint density at radius 3 is 2.83 bits per heavy atom. The topological polar surface area (TPSA) is 32.3 Å². The summed E-state index contributed by atoms with van der Waals surface area (Å²) < 4.78 is 0. The van der Waals surface area contributed by atoms with E-state index in [2.05, 4.69) is 16.8 Å². The molecule has 0 radical (unpaired) electrons. The van der Waals surface area contributed by atoms with Crippen molar-refractivity contribution in [3.05, 3.63) is 56.7 Å². The Morgan fingerprint density at radius 2 is 2.22 bits per heavy atom. The van der Waals surface area contributed by atoms with E-state index in [0.717, 1.165) is 22.7 Å². The van der Waals surface area contributed by atoms with Crippen molar-refractivity contribution in [3.8, 4) is 0 Å². The summed E-state index contributed by atoms with van der Waals surface area (Å²) >= 11 is 7.65. The van der Waals surface area contributed by atoms with Crippen molar-refractivity contribution in [1.29, 1.82) is 0 Å². The Morgan fingerprint density at radius 1 is 1.39 bits per heavy atom. The molecule has 18 heavy (non-hydrogen) atoms. The maximum Gasteiger partial charge on any atom is 0.0626 e. The van der Waals surface area contributed by atoms with Gasteiger partial charge in [0.05, 0.1) is 12.6 Å². The van der Waals surface area contributed by atoms with Gasteiger partial charge < -0.3 is 10.4 Å². The summed E-state index contributed by atoms with van der Waals surface area (Å²) in [5.41, 5.74) is 2.19. The second-order valence-corrected chi connectivity index (χ2v) is 5.67. The molecule has 2 rings (SSSR count). The summed E-state index contributed by atoms with van der Waals surface area (Å²) in [5, 5.41) is 15.7. The van der Waals surface area contributed by atoms with E-state index in [4.69, 9.17) is 11.6 Å². The molecule has 2 nitrogen and oxygen atoms in total. The number of halogens is 1. The van der Waals surface area contributed by atoms with E-state index in [9.17, 15) is 5.11 Å². The normalized spacial score (nSPS) is 12.6. The van der Waals surface area contributed by atoms with Crippen LogP contribution in [0.25, 0.3) is 0 Å². The fraction of sp³-hybridized carbons (Fsp3) is 0.286. The SMILES string of the molecule is Cc1cc(Cl)ccc1C(CO)NCc1cccs1. The van der Waals surface area contributed by atoms with Gasteiger partial charge in [0, 0.05) is 16.4 Å². The molecule has 0 amide bonds. The van der Waals surface area contributed by atoms with Crippen molar-refractivity contribution in [2.75, 3.05) is 6.61 Å². The van der Waals surface area contributed by atoms with E-state index >= 15 is 0 Å². The highest BCUT2D eigenvalue weighted by Crippen LogP contribution is 2.22. The van der Waals surface area contributed by atoms with E-state index in [1.165, 1.54) is 4.88 Å². The zero-order valence-electron chi connectivity index (χ0n) is 10.2. The monoisotopic (exact) mass is 281 g/mol. The van der Waals surface area contributed by atoms with Crippen LogP contribution in [0.4, 0.5) is 0 Å². The van der Waals surface area contributed by atoms with Crippen LogP contribution in [0.1, 0.15) is 22.0 Å². The van der Waals surface area contributed by atoms with Crippen molar-refractivity contribution in [3.63, 3.8) is 0 Å². The van der Waals surface area contributed by atoms with Crippen molar-refractivity contribution in [1.82, 2.24) is 5.32 Å². The molecule has 0 saturated carbocycles. The Bertz CT molecular complexity index is 499. The highest BCUT2D eigenvalue weighted by molar-refractivity contribution is 7.09. The summed E-state index contributed by atoms with van der Waals surface area (Å²) in [4.78, 5) is 1.26. The van der Waals surface area contributed by atoms with Crippen molar-refractivity contribution in [2.24, 2.45) is 0 Å². The molecule has 96 valence electrons. The predicted molar refractivity (Wildman–Crippen MR) is 77.2 cm³/mol. The third-order valence-corrected chi connectivity index (χ3v) is 4.00. The summed E-state index contributed by atoms with van der Waals surface area (Å²) in [6.45, 7) is 2.86. The first-order valence-corrected chi connectivity index (χ1v) is 7.09. The van der Waals surface area contributed by atoms with E-state index in [0.29, 0.717) is 0 Å². The minimum atomic E-state index is -0.0515. The van der Waals surface area contributed by atoms with Crippen molar-refractivity contribution in [2.45, 2.75) is 19.5 Å². The maximum absolute atomic E-state index is 9.51. The average molecular weight is 282 g/mol. The van der Waals surface area contributed by atoms with Crippen LogP contribution in [0.2, 0.25) is 5.02 Å². The van der Waals surface area contributed by atoms with Gasteiger partial charge in [-0.05, 0) is 41.6 Å². The average Bonchev–Trinajstić information content (AvgIpc) is 2.85. The van der Waals surface area contributed by atoms with Gasteiger partial charge in [-0.3, -0.25) is 0 Å². The van der Waals surface area contributed by atoms with Gasteiger partial charge in [-0.1, -0.05) is 23.7 Å². The van der Waals surface area contributed by atoms with E-state index < -0.39 is 0 Å². The van der Waals surface area contributed by atoms with Gasteiger partial charge in [-0.25, -0.2) is 0 Å². The first-order valence-electron chi connectivity index (χ1n) is 5.83. The van der Waals surface area contributed by atoms with Gasteiger partial charge in [-0.2, -0.15) is 0 Å². The molecule has 2 aromatic rings. The molecule has 0 bridgehead atoms. The first kappa shape index (κ1) is 13.6. The van der Waals surface area contributed by atoms with Gasteiger partial charge in [0.15, 0.2) is 0 Å². The molecule has 1 heterocycles. The molecular formula is C14H16ClNOS. The van der Waals surface area contributed by atoms with Crippen LogP contribution in [0.15, 0.2) is 35.7 Å². The second kappa shape index (κ2) is 6.34. The Labute approximate surface area is 116 Å². The highest BCUT2D eigenvalue weighted by Gasteiger charge is 2.12.